The maximum atomic E-state index is 10.7. The van der Waals surface area contributed by atoms with Crippen molar-refractivity contribution in [2.45, 2.75) is 25.5 Å². The normalized spacial score (nSPS) is 26.5. The lowest BCUT2D eigenvalue weighted by Crippen LogP contribution is -2.39. The van der Waals surface area contributed by atoms with Gasteiger partial charge in [0.15, 0.2) is 0 Å². The molecule has 0 aromatic rings. The second-order valence-electron chi connectivity index (χ2n) is 3.10. The lowest BCUT2D eigenvalue weighted by molar-refractivity contribution is -0.141. The van der Waals surface area contributed by atoms with Gasteiger partial charge in [-0.25, -0.2) is 9.59 Å². The summed E-state index contributed by atoms with van der Waals surface area (Å²) in [6.45, 7) is 2.39. The van der Waals surface area contributed by atoms with Gasteiger partial charge in [-0.3, -0.25) is 4.90 Å². The number of hydrogen-bond acceptors (Lipinski definition) is 3. The van der Waals surface area contributed by atoms with E-state index >= 15 is 0 Å². The number of amides is 1. The van der Waals surface area contributed by atoms with Crippen LogP contribution in [0.15, 0.2) is 0 Å². The summed E-state index contributed by atoms with van der Waals surface area (Å²) in [6.07, 6.45) is -1.27. The van der Waals surface area contributed by atoms with E-state index < -0.39 is 18.1 Å². The van der Waals surface area contributed by atoms with Gasteiger partial charge < -0.3 is 14.9 Å². The highest BCUT2D eigenvalue weighted by atomic mass is 16.5. The first-order valence-corrected chi connectivity index (χ1v) is 4.40. The van der Waals surface area contributed by atoms with Gasteiger partial charge in [-0.05, 0) is 6.92 Å². The predicted octanol–water partition coefficient (Wildman–Crippen LogP) is 0.228. The Bertz CT molecular complexity index is 220. The summed E-state index contributed by atoms with van der Waals surface area (Å²) < 4.78 is 5.20. The Balaban J connectivity index is 2.65. The Morgan fingerprint density at radius 3 is 2.50 bits per heavy atom. The van der Waals surface area contributed by atoms with Gasteiger partial charge in [0.1, 0.15) is 6.04 Å². The Morgan fingerprint density at radius 2 is 2.14 bits per heavy atom. The van der Waals surface area contributed by atoms with Crippen LogP contribution in [-0.2, 0) is 9.53 Å². The van der Waals surface area contributed by atoms with E-state index in [1.165, 1.54) is 0 Å². The molecule has 1 fully saturated rings. The zero-order valence-electron chi connectivity index (χ0n) is 7.84. The number of carboxylic acids is 1. The van der Waals surface area contributed by atoms with Crippen LogP contribution < -0.4 is 0 Å². The first-order valence-electron chi connectivity index (χ1n) is 4.40. The molecule has 0 aromatic heterocycles. The zero-order valence-corrected chi connectivity index (χ0v) is 7.84. The summed E-state index contributed by atoms with van der Waals surface area (Å²) in [5.74, 6) is -1.12. The molecule has 1 rings (SSSR count). The highest BCUT2D eigenvalue weighted by Crippen LogP contribution is 2.20. The molecule has 2 atom stereocenters. The average Bonchev–Trinajstić information content (AvgIpc) is 2.49. The van der Waals surface area contributed by atoms with Crippen molar-refractivity contribution >= 4 is 12.1 Å². The monoisotopic (exact) mass is 203 g/mol. The first-order chi connectivity index (χ1) is 6.56. The lowest BCUT2D eigenvalue weighted by atomic mass is 10.2. The Morgan fingerprint density at radius 1 is 1.50 bits per heavy atom. The average molecular weight is 203 g/mol. The van der Waals surface area contributed by atoms with Gasteiger partial charge in [-0.15, -0.1) is 0 Å². The van der Waals surface area contributed by atoms with Crippen LogP contribution in [0.1, 0.15) is 13.3 Å². The van der Waals surface area contributed by atoms with Crippen LogP contribution in [0.25, 0.3) is 0 Å². The highest BCUT2D eigenvalue weighted by molar-refractivity contribution is 5.80. The van der Waals surface area contributed by atoms with Crippen molar-refractivity contribution in [3.8, 4) is 0 Å². The van der Waals surface area contributed by atoms with Crippen molar-refractivity contribution in [1.82, 2.24) is 4.90 Å². The molecular formula is C8H13NO5. The third kappa shape index (κ3) is 2.14. The third-order valence-corrected chi connectivity index (χ3v) is 2.20. The van der Waals surface area contributed by atoms with Crippen molar-refractivity contribution in [3.63, 3.8) is 0 Å². The van der Waals surface area contributed by atoms with Crippen molar-refractivity contribution in [2.24, 2.45) is 0 Å². The maximum Gasteiger partial charge on any atom is 0.408 e. The Kier molecular flexibility index (Phi) is 3.29. The number of rotatable bonds is 3. The highest BCUT2D eigenvalue weighted by Gasteiger charge is 2.40. The molecule has 1 aliphatic rings. The van der Waals surface area contributed by atoms with E-state index in [0.717, 1.165) is 4.90 Å². The van der Waals surface area contributed by atoms with E-state index in [1.807, 2.05) is 0 Å². The van der Waals surface area contributed by atoms with Crippen LogP contribution in [0.5, 0.6) is 0 Å². The number of hydrogen-bond donors (Lipinski definition) is 2. The summed E-state index contributed by atoms with van der Waals surface area (Å²) >= 11 is 0. The van der Waals surface area contributed by atoms with Gasteiger partial charge in [0, 0.05) is 13.0 Å². The number of carboxylic acid groups (broad SMARTS) is 2. The van der Waals surface area contributed by atoms with Gasteiger partial charge in [-0.1, -0.05) is 0 Å². The van der Waals surface area contributed by atoms with Crippen LogP contribution in [-0.4, -0.2) is 52.5 Å². The minimum absolute atomic E-state index is 0.139. The number of likely N-dealkylation sites (tertiary alicyclic amines) is 1. The maximum absolute atomic E-state index is 10.7. The number of aliphatic carboxylic acids is 1. The van der Waals surface area contributed by atoms with E-state index in [1.54, 1.807) is 6.92 Å². The minimum Gasteiger partial charge on any atom is -0.480 e. The second-order valence-corrected chi connectivity index (χ2v) is 3.10. The van der Waals surface area contributed by atoms with E-state index in [0.29, 0.717) is 6.61 Å². The molecule has 0 aliphatic carbocycles. The smallest absolute Gasteiger partial charge is 0.408 e. The first kappa shape index (κ1) is 10.8. The molecule has 0 spiro atoms. The molecule has 1 saturated heterocycles. The Hall–Kier alpha value is -1.30. The molecule has 1 heterocycles. The van der Waals surface area contributed by atoms with Crippen LogP contribution in [0.3, 0.4) is 0 Å². The van der Waals surface area contributed by atoms with Crippen molar-refractivity contribution in [1.29, 1.82) is 0 Å². The summed E-state index contributed by atoms with van der Waals surface area (Å²) in [5, 5.41) is 17.5. The van der Waals surface area contributed by atoms with Crippen molar-refractivity contribution in [3.05, 3.63) is 0 Å². The molecule has 0 radical (unpaired) electrons. The van der Waals surface area contributed by atoms with E-state index in [2.05, 4.69) is 0 Å². The molecule has 14 heavy (non-hydrogen) atoms. The number of nitrogens with zero attached hydrogens (tertiary/aromatic N) is 1. The SMILES string of the molecule is CCO[C@@H]1C[C@@H](C(=O)O)N(C(=O)O)C1. The quantitative estimate of drug-likeness (QED) is 0.685. The summed E-state index contributed by atoms with van der Waals surface area (Å²) in [6, 6.07) is -0.968. The van der Waals surface area contributed by atoms with E-state index in [9.17, 15) is 9.59 Å². The van der Waals surface area contributed by atoms with Crippen molar-refractivity contribution < 1.29 is 24.5 Å². The Labute approximate surface area is 81.1 Å². The number of carbonyl (C=O) groups is 2. The molecule has 0 unspecified atom stereocenters. The molecule has 6 heteroatoms. The molecule has 6 nitrogen and oxygen atoms in total. The summed E-state index contributed by atoms with van der Waals surface area (Å²) in [4.78, 5) is 22.3. The standard InChI is InChI=1S/C8H13NO5/c1-2-14-5-3-6(7(10)11)9(4-5)8(12)13/h5-6H,2-4H2,1H3,(H,10,11)(H,12,13)/t5-,6+/m1/s1. The summed E-state index contributed by atoms with van der Waals surface area (Å²) in [5.41, 5.74) is 0. The fourth-order valence-corrected chi connectivity index (χ4v) is 1.60. The van der Waals surface area contributed by atoms with Crippen molar-refractivity contribution in [2.75, 3.05) is 13.2 Å². The van der Waals surface area contributed by atoms with Gasteiger partial charge in [0.05, 0.1) is 12.6 Å². The second kappa shape index (κ2) is 4.28. The fourth-order valence-electron chi connectivity index (χ4n) is 1.60. The molecule has 0 bridgehead atoms. The zero-order chi connectivity index (χ0) is 10.7. The fraction of sp³-hybridized carbons (Fsp3) is 0.750. The van der Waals surface area contributed by atoms with Crippen LogP contribution >= 0.6 is 0 Å². The van der Waals surface area contributed by atoms with Crippen LogP contribution in [0, 0.1) is 0 Å². The molecule has 1 amide bonds. The van der Waals surface area contributed by atoms with Gasteiger partial charge >= 0.3 is 12.1 Å². The van der Waals surface area contributed by atoms with Gasteiger partial charge in [0.2, 0.25) is 0 Å². The summed E-state index contributed by atoms with van der Waals surface area (Å²) in [7, 11) is 0. The molecule has 2 N–H and O–H groups in total. The minimum atomic E-state index is -1.21. The predicted molar refractivity (Wildman–Crippen MR) is 46.2 cm³/mol. The number of ether oxygens (including phenoxy) is 1. The molecule has 0 aromatic carbocycles. The molecule has 0 saturated carbocycles. The van der Waals surface area contributed by atoms with Gasteiger partial charge in [-0.2, -0.15) is 0 Å². The molecule has 80 valence electrons. The van der Waals surface area contributed by atoms with E-state index in [-0.39, 0.29) is 19.1 Å². The molecule has 1 aliphatic heterocycles. The van der Waals surface area contributed by atoms with Crippen LogP contribution in [0.2, 0.25) is 0 Å². The molecular weight excluding hydrogens is 190 g/mol. The largest absolute Gasteiger partial charge is 0.480 e. The lowest BCUT2D eigenvalue weighted by Gasteiger charge is -2.16. The van der Waals surface area contributed by atoms with Gasteiger partial charge in [0.25, 0.3) is 0 Å². The van der Waals surface area contributed by atoms with E-state index in [4.69, 9.17) is 14.9 Å². The topological polar surface area (TPSA) is 87.1 Å². The van der Waals surface area contributed by atoms with Crippen LogP contribution in [0.4, 0.5) is 4.79 Å². The third-order valence-electron chi connectivity index (χ3n) is 2.20.